The minimum absolute atomic E-state index is 0.207. The van der Waals surface area contributed by atoms with Gasteiger partial charge in [0, 0.05) is 45.2 Å². The summed E-state index contributed by atoms with van der Waals surface area (Å²) < 4.78 is 0. The Kier molecular flexibility index (Phi) is 2.28. The zero-order valence-corrected chi connectivity index (χ0v) is 7.18. The van der Waals surface area contributed by atoms with Gasteiger partial charge in [0.05, 0.1) is 0 Å². The summed E-state index contributed by atoms with van der Waals surface area (Å²) in [5, 5.41) is 6.17. The van der Waals surface area contributed by atoms with Crippen LogP contribution in [0.1, 0.15) is 6.42 Å². The molecular formula is C8H15N3O. The Morgan fingerprint density at radius 1 is 1.33 bits per heavy atom. The second-order valence-corrected chi connectivity index (χ2v) is 3.45. The molecular weight excluding hydrogens is 154 g/mol. The molecule has 0 aromatic carbocycles. The van der Waals surface area contributed by atoms with Crippen LogP contribution >= 0.6 is 0 Å². The molecule has 0 bridgehead atoms. The summed E-state index contributed by atoms with van der Waals surface area (Å²) in [5.41, 5.74) is 0. The van der Waals surface area contributed by atoms with Crippen molar-refractivity contribution in [1.82, 2.24) is 15.5 Å². The van der Waals surface area contributed by atoms with Crippen LogP contribution in [0.5, 0.6) is 0 Å². The van der Waals surface area contributed by atoms with Gasteiger partial charge in [0.15, 0.2) is 0 Å². The van der Waals surface area contributed by atoms with Crippen molar-refractivity contribution in [3.63, 3.8) is 0 Å². The maximum absolute atomic E-state index is 10.9. The van der Waals surface area contributed by atoms with Crippen LogP contribution in [-0.2, 0) is 4.79 Å². The zero-order chi connectivity index (χ0) is 8.39. The number of carbonyl (C=O) groups is 1. The van der Waals surface area contributed by atoms with E-state index in [0.29, 0.717) is 12.5 Å². The molecule has 4 nitrogen and oxygen atoms in total. The van der Waals surface area contributed by atoms with E-state index >= 15 is 0 Å². The fraction of sp³-hybridized carbons (Fsp3) is 0.875. The molecule has 0 spiro atoms. The SMILES string of the molecule is O=C1CC(N2CCNCC2)CN1. The van der Waals surface area contributed by atoms with E-state index in [1.807, 2.05) is 0 Å². The van der Waals surface area contributed by atoms with Crippen LogP contribution in [-0.4, -0.2) is 49.6 Å². The van der Waals surface area contributed by atoms with Crippen LogP contribution in [0.3, 0.4) is 0 Å². The first-order valence-corrected chi connectivity index (χ1v) is 4.58. The Hall–Kier alpha value is -0.610. The molecule has 2 saturated heterocycles. The van der Waals surface area contributed by atoms with E-state index in [0.717, 1.165) is 32.7 Å². The molecule has 1 unspecified atom stereocenters. The molecule has 0 saturated carbocycles. The number of hydrogen-bond acceptors (Lipinski definition) is 3. The third kappa shape index (κ3) is 1.59. The van der Waals surface area contributed by atoms with Crippen LogP contribution < -0.4 is 10.6 Å². The molecule has 2 fully saturated rings. The standard InChI is InChI=1S/C8H15N3O/c12-8-5-7(6-10-8)11-3-1-9-2-4-11/h7,9H,1-6H2,(H,10,12). The average molecular weight is 169 g/mol. The first-order chi connectivity index (χ1) is 5.86. The summed E-state index contributed by atoms with van der Waals surface area (Å²) >= 11 is 0. The zero-order valence-electron chi connectivity index (χ0n) is 7.18. The number of rotatable bonds is 1. The Morgan fingerprint density at radius 3 is 2.67 bits per heavy atom. The highest BCUT2D eigenvalue weighted by Gasteiger charge is 2.27. The van der Waals surface area contributed by atoms with E-state index in [1.54, 1.807) is 0 Å². The van der Waals surface area contributed by atoms with Crippen LogP contribution in [0.15, 0.2) is 0 Å². The third-order valence-electron chi connectivity index (χ3n) is 2.62. The van der Waals surface area contributed by atoms with Crippen molar-refractivity contribution in [3.05, 3.63) is 0 Å². The fourth-order valence-corrected chi connectivity index (χ4v) is 1.90. The van der Waals surface area contributed by atoms with Crippen molar-refractivity contribution in [3.8, 4) is 0 Å². The van der Waals surface area contributed by atoms with Crippen LogP contribution in [0.4, 0.5) is 0 Å². The lowest BCUT2D eigenvalue weighted by Gasteiger charge is -2.31. The van der Waals surface area contributed by atoms with Gasteiger partial charge in [0.25, 0.3) is 0 Å². The van der Waals surface area contributed by atoms with Crippen molar-refractivity contribution < 1.29 is 4.79 Å². The molecule has 2 heterocycles. The summed E-state index contributed by atoms with van der Waals surface area (Å²) in [6.45, 7) is 5.13. The predicted octanol–water partition coefficient (Wildman–Crippen LogP) is -1.22. The quantitative estimate of drug-likeness (QED) is 0.517. The number of nitrogens with zero attached hydrogens (tertiary/aromatic N) is 1. The van der Waals surface area contributed by atoms with Gasteiger partial charge in [-0.1, -0.05) is 0 Å². The van der Waals surface area contributed by atoms with Crippen molar-refractivity contribution >= 4 is 5.91 Å². The second kappa shape index (κ2) is 3.41. The van der Waals surface area contributed by atoms with Gasteiger partial charge < -0.3 is 10.6 Å². The Morgan fingerprint density at radius 2 is 2.08 bits per heavy atom. The Labute approximate surface area is 72.3 Å². The Bertz CT molecular complexity index is 177. The second-order valence-electron chi connectivity index (χ2n) is 3.45. The van der Waals surface area contributed by atoms with Gasteiger partial charge in [-0.2, -0.15) is 0 Å². The van der Waals surface area contributed by atoms with Crippen molar-refractivity contribution in [2.24, 2.45) is 0 Å². The molecule has 0 aromatic rings. The third-order valence-corrected chi connectivity index (χ3v) is 2.62. The maximum Gasteiger partial charge on any atom is 0.221 e. The lowest BCUT2D eigenvalue weighted by Crippen LogP contribution is -2.49. The van der Waals surface area contributed by atoms with Crippen molar-refractivity contribution in [1.29, 1.82) is 0 Å². The monoisotopic (exact) mass is 169 g/mol. The van der Waals surface area contributed by atoms with Gasteiger partial charge in [0.1, 0.15) is 0 Å². The van der Waals surface area contributed by atoms with Crippen LogP contribution in [0, 0.1) is 0 Å². The molecule has 2 rings (SSSR count). The maximum atomic E-state index is 10.9. The smallest absolute Gasteiger partial charge is 0.221 e. The lowest BCUT2D eigenvalue weighted by molar-refractivity contribution is -0.119. The van der Waals surface area contributed by atoms with Crippen molar-refractivity contribution in [2.75, 3.05) is 32.7 Å². The highest BCUT2D eigenvalue weighted by molar-refractivity contribution is 5.78. The summed E-state index contributed by atoms with van der Waals surface area (Å²) in [6, 6.07) is 0.458. The van der Waals surface area contributed by atoms with Gasteiger partial charge in [0.2, 0.25) is 5.91 Å². The molecule has 2 aliphatic rings. The lowest BCUT2D eigenvalue weighted by atomic mass is 10.2. The van der Waals surface area contributed by atoms with E-state index in [4.69, 9.17) is 0 Å². The molecule has 0 aromatic heterocycles. The number of carbonyl (C=O) groups excluding carboxylic acids is 1. The van der Waals surface area contributed by atoms with Gasteiger partial charge in [-0.15, -0.1) is 0 Å². The molecule has 2 aliphatic heterocycles. The van der Waals surface area contributed by atoms with E-state index in [9.17, 15) is 4.79 Å². The molecule has 1 amide bonds. The molecule has 68 valence electrons. The highest BCUT2D eigenvalue weighted by atomic mass is 16.1. The van der Waals surface area contributed by atoms with E-state index in [-0.39, 0.29) is 5.91 Å². The number of hydrogen-bond donors (Lipinski definition) is 2. The van der Waals surface area contributed by atoms with Crippen LogP contribution in [0.25, 0.3) is 0 Å². The fourth-order valence-electron chi connectivity index (χ4n) is 1.90. The molecule has 0 aliphatic carbocycles. The number of nitrogens with one attached hydrogen (secondary N) is 2. The van der Waals surface area contributed by atoms with Gasteiger partial charge in [-0.3, -0.25) is 9.69 Å². The summed E-state index contributed by atoms with van der Waals surface area (Å²) in [6.07, 6.45) is 0.694. The predicted molar refractivity (Wildman–Crippen MR) is 45.9 cm³/mol. The molecule has 0 radical (unpaired) electrons. The van der Waals surface area contributed by atoms with Gasteiger partial charge in [-0.05, 0) is 0 Å². The Balaban J connectivity index is 1.86. The van der Waals surface area contributed by atoms with E-state index in [2.05, 4.69) is 15.5 Å². The van der Waals surface area contributed by atoms with Crippen molar-refractivity contribution in [2.45, 2.75) is 12.5 Å². The molecule has 12 heavy (non-hydrogen) atoms. The minimum atomic E-state index is 0.207. The van der Waals surface area contributed by atoms with Gasteiger partial charge >= 0.3 is 0 Å². The van der Waals surface area contributed by atoms with E-state index in [1.165, 1.54) is 0 Å². The molecule has 2 N–H and O–H groups in total. The van der Waals surface area contributed by atoms with E-state index < -0.39 is 0 Å². The molecule has 4 heteroatoms. The number of piperazine rings is 1. The van der Waals surface area contributed by atoms with Gasteiger partial charge in [-0.25, -0.2) is 0 Å². The first kappa shape index (κ1) is 8.01. The number of amides is 1. The minimum Gasteiger partial charge on any atom is -0.354 e. The highest BCUT2D eigenvalue weighted by Crippen LogP contribution is 2.09. The summed E-state index contributed by atoms with van der Waals surface area (Å²) in [7, 11) is 0. The molecule has 1 atom stereocenters. The summed E-state index contributed by atoms with van der Waals surface area (Å²) in [4.78, 5) is 13.3. The largest absolute Gasteiger partial charge is 0.354 e. The normalized spacial score (nSPS) is 32.0. The first-order valence-electron chi connectivity index (χ1n) is 4.58. The average Bonchev–Trinajstić information content (AvgIpc) is 2.54. The topological polar surface area (TPSA) is 44.4 Å². The summed E-state index contributed by atoms with van der Waals surface area (Å²) in [5.74, 6) is 0.207. The van der Waals surface area contributed by atoms with Crippen LogP contribution in [0.2, 0.25) is 0 Å².